The van der Waals surface area contributed by atoms with E-state index in [1.54, 1.807) is 26.2 Å². The van der Waals surface area contributed by atoms with Crippen molar-refractivity contribution in [3.8, 4) is 11.5 Å². The van der Waals surface area contributed by atoms with Crippen molar-refractivity contribution in [2.75, 3.05) is 31.9 Å². The Kier molecular flexibility index (Phi) is 7.11. The topological polar surface area (TPSA) is 91.5 Å². The van der Waals surface area contributed by atoms with E-state index in [-0.39, 0.29) is 22.8 Å². The number of methoxy groups -OCH3 is 2. The lowest BCUT2D eigenvalue weighted by Crippen LogP contribution is -2.29. The van der Waals surface area contributed by atoms with E-state index >= 15 is 0 Å². The second kappa shape index (κ2) is 9.85. The molecule has 0 aliphatic heterocycles. The Labute approximate surface area is 212 Å². The monoisotopic (exact) mass is 522 g/mol. The van der Waals surface area contributed by atoms with Crippen molar-refractivity contribution < 1.29 is 31.8 Å². The van der Waals surface area contributed by atoms with Crippen LogP contribution in [0.2, 0.25) is 0 Å². The van der Waals surface area contributed by atoms with Gasteiger partial charge in [-0.1, -0.05) is 0 Å². The number of nitrogens with two attached hydrogens (primary N) is 1. The first-order valence-electron chi connectivity index (χ1n) is 11.8. The van der Waals surface area contributed by atoms with Crippen LogP contribution in [-0.2, 0) is 10.9 Å². The maximum absolute atomic E-state index is 14.9. The fourth-order valence-corrected chi connectivity index (χ4v) is 4.52. The van der Waals surface area contributed by atoms with E-state index in [1.807, 2.05) is 6.92 Å². The Morgan fingerprint density at radius 3 is 2.38 bits per heavy atom. The van der Waals surface area contributed by atoms with Crippen molar-refractivity contribution in [1.29, 1.82) is 0 Å². The van der Waals surface area contributed by atoms with Gasteiger partial charge in [-0.15, -0.1) is 0 Å². The molecule has 2 aromatic carbocycles. The summed E-state index contributed by atoms with van der Waals surface area (Å²) < 4.78 is 72.1. The van der Waals surface area contributed by atoms with Crippen LogP contribution in [-0.4, -0.2) is 36.9 Å². The van der Waals surface area contributed by atoms with Crippen LogP contribution in [0.25, 0.3) is 10.9 Å². The number of hydrogen-bond donors (Lipinski definition) is 2. The fourth-order valence-electron chi connectivity index (χ4n) is 4.52. The predicted octanol–water partition coefficient (Wildman–Crippen LogP) is 6.05. The number of nitrogens with one attached hydrogen (secondary N) is 1. The minimum Gasteiger partial charge on any atom is -0.493 e. The molecule has 1 aliphatic carbocycles. The zero-order valence-electron chi connectivity index (χ0n) is 21.3. The van der Waals surface area contributed by atoms with E-state index in [4.69, 9.17) is 19.9 Å². The minimum atomic E-state index is -4.88. The van der Waals surface area contributed by atoms with Gasteiger partial charge in [0.1, 0.15) is 23.6 Å². The molecule has 0 saturated heterocycles. The molecule has 37 heavy (non-hydrogen) atoms. The van der Waals surface area contributed by atoms with Gasteiger partial charge in [0.25, 0.3) is 0 Å². The molecule has 1 aliphatic rings. The number of nitrogens with zero attached hydrogens (tertiary/aromatic N) is 2. The number of nitrogen functional groups attached to an aromatic ring is 1. The SMILES string of the molecule is COCC1([C@@H](C)Oc2cc3c(N[C@H](C)c4cc(N)cc(C(F)(F)F)c4F)nc(C)nc3cc2OC)CC1. The van der Waals surface area contributed by atoms with Gasteiger partial charge in [0.15, 0.2) is 11.5 Å². The number of rotatable bonds is 9. The summed E-state index contributed by atoms with van der Waals surface area (Å²) in [6.45, 7) is 5.76. The van der Waals surface area contributed by atoms with Crippen molar-refractivity contribution in [1.82, 2.24) is 9.97 Å². The van der Waals surface area contributed by atoms with Crippen LogP contribution in [0.1, 0.15) is 49.7 Å². The highest BCUT2D eigenvalue weighted by Gasteiger charge is 2.49. The molecule has 1 heterocycles. The van der Waals surface area contributed by atoms with E-state index in [0.717, 1.165) is 12.8 Å². The van der Waals surface area contributed by atoms with Crippen molar-refractivity contribution in [2.45, 2.75) is 51.9 Å². The molecule has 7 nitrogen and oxygen atoms in total. The Morgan fingerprint density at radius 2 is 1.78 bits per heavy atom. The highest BCUT2D eigenvalue weighted by molar-refractivity contribution is 5.92. The van der Waals surface area contributed by atoms with Gasteiger partial charge in [0, 0.05) is 35.2 Å². The van der Waals surface area contributed by atoms with E-state index < -0.39 is 23.6 Å². The van der Waals surface area contributed by atoms with Gasteiger partial charge in [0.2, 0.25) is 0 Å². The van der Waals surface area contributed by atoms with Crippen molar-refractivity contribution in [3.63, 3.8) is 0 Å². The molecule has 200 valence electrons. The molecular weight excluding hydrogens is 492 g/mol. The standard InChI is InChI=1S/C26H30F4N4O3/c1-13(17-8-16(31)9-19(23(17)27)26(28,29)30)32-24-18-10-22(37-14(2)25(6-7-25)12-35-4)21(36-5)11-20(18)33-15(3)34-24/h8-11,13-14H,6-7,12,31H2,1-5H3,(H,32,33,34)/t13-,14-/m1/s1. The molecule has 0 unspecified atom stereocenters. The molecule has 1 fully saturated rings. The van der Waals surface area contributed by atoms with E-state index in [0.29, 0.717) is 46.7 Å². The number of halogens is 4. The lowest BCUT2D eigenvalue weighted by molar-refractivity contribution is -0.140. The average Bonchev–Trinajstić information content (AvgIpc) is 3.60. The molecular formula is C26H30F4N4O3. The smallest absolute Gasteiger partial charge is 0.419 e. The summed E-state index contributed by atoms with van der Waals surface area (Å²) in [6.07, 6.45) is -3.08. The number of hydrogen-bond acceptors (Lipinski definition) is 7. The molecule has 0 radical (unpaired) electrons. The average molecular weight is 523 g/mol. The van der Waals surface area contributed by atoms with Gasteiger partial charge in [-0.2, -0.15) is 13.2 Å². The van der Waals surface area contributed by atoms with Crippen LogP contribution in [0, 0.1) is 18.2 Å². The molecule has 4 rings (SSSR count). The maximum atomic E-state index is 14.9. The van der Waals surface area contributed by atoms with Gasteiger partial charge in [0.05, 0.1) is 30.8 Å². The lowest BCUT2D eigenvalue weighted by Gasteiger charge is -2.25. The molecule has 11 heteroatoms. The summed E-state index contributed by atoms with van der Waals surface area (Å²) in [4.78, 5) is 8.91. The molecule has 0 bridgehead atoms. The predicted molar refractivity (Wildman–Crippen MR) is 132 cm³/mol. The van der Waals surface area contributed by atoms with Crippen LogP contribution < -0.4 is 20.5 Å². The normalized spacial score (nSPS) is 16.4. The van der Waals surface area contributed by atoms with Crippen LogP contribution in [0.5, 0.6) is 11.5 Å². The van der Waals surface area contributed by atoms with Gasteiger partial charge in [-0.3, -0.25) is 0 Å². The number of aryl methyl sites for hydroxylation is 1. The second-order valence-electron chi connectivity index (χ2n) is 9.53. The van der Waals surface area contributed by atoms with Crippen LogP contribution in [0.15, 0.2) is 24.3 Å². The number of ether oxygens (including phenoxy) is 3. The summed E-state index contributed by atoms with van der Waals surface area (Å²) in [5, 5.41) is 3.58. The van der Waals surface area contributed by atoms with Gasteiger partial charge >= 0.3 is 6.18 Å². The maximum Gasteiger partial charge on any atom is 0.419 e. The number of aromatic nitrogens is 2. The molecule has 1 aromatic heterocycles. The van der Waals surface area contributed by atoms with E-state index in [1.165, 1.54) is 20.1 Å². The second-order valence-corrected chi connectivity index (χ2v) is 9.53. The highest BCUT2D eigenvalue weighted by atomic mass is 19.4. The molecule has 0 spiro atoms. The van der Waals surface area contributed by atoms with E-state index in [2.05, 4.69) is 15.3 Å². The van der Waals surface area contributed by atoms with Crippen molar-refractivity contribution in [3.05, 3.63) is 47.0 Å². The third kappa shape index (κ3) is 5.36. The molecule has 1 saturated carbocycles. The Morgan fingerprint density at radius 1 is 1.08 bits per heavy atom. The summed E-state index contributed by atoms with van der Waals surface area (Å²) in [6, 6.07) is 4.30. The summed E-state index contributed by atoms with van der Waals surface area (Å²) >= 11 is 0. The largest absolute Gasteiger partial charge is 0.493 e. The summed E-state index contributed by atoms with van der Waals surface area (Å²) in [7, 11) is 3.18. The Bertz CT molecular complexity index is 1310. The minimum absolute atomic E-state index is 0.0744. The molecule has 0 amide bonds. The zero-order chi connectivity index (χ0) is 27.1. The third-order valence-electron chi connectivity index (χ3n) is 6.83. The Hall–Kier alpha value is -3.34. The summed E-state index contributed by atoms with van der Waals surface area (Å²) in [5.74, 6) is 0.268. The molecule has 3 N–H and O–H groups in total. The van der Waals surface area contributed by atoms with Gasteiger partial charge < -0.3 is 25.3 Å². The lowest BCUT2D eigenvalue weighted by atomic mass is 10.0. The number of benzene rings is 2. The van der Waals surface area contributed by atoms with E-state index in [9.17, 15) is 17.6 Å². The number of anilines is 2. The summed E-state index contributed by atoms with van der Waals surface area (Å²) in [5.41, 5.74) is 4.28. The fraction of sp³-hybridized carbons (Fsp3) is 0.462. The van der Waals surface area contributed by atoms with Crippen LogP contribution in [0.4, 0.5) is 29.1 Å². The highest BCUT2D eigenvalue weighted by Crippen LogP contribution is 2.51. The van der Waals surface area contributed by atoms with Crippen LogP contribution >= 0.6 is 0 Å². The number of fused-ring (bicyclic) bond motifs is 1. The Balaban J connectivity index is 1.73. The zero-order valence-corrected chi connectivity index (χ0v) is 21.3. The van der Waals surface area contributed by atoms with Crippen molar-refractivity contribution in [2.24, 2.45) is 5.41 Å². The van der Waals surface area contributed by atoms with Crippen molar-refractivity contribution >= 4 is 22.4 Å². The first-order valence-corrected chi connectivity index (χ1v) is 11.8. The quantitative estimate of drug-likeness (QED) is 0.261. The van der Waals surface area contributed by atoms with Gasteiger partial charge in [-0.05, 0) is 51.8 Å². The molecule has 3 aromatic rings. The number of alkyl halides is 3. The first kappa shape index (κ1) is 26.7. The third-order valence-corrected chi connectivity index (χ3v) is 6.83. The molecule has 2 atom stereocenters. The van der Waals surface area contributed by atoms with Gasteiger partial charge in [-0.25, -0.2) is 14.4 Å². The van der Waals surface area contributed by atoms with Crippen LogP contribution in [0.3, 0.4) is 0 Å². The first-order chi connectivity index (χ1) is 17.4.